The summed E-state index contributed by atoms with van der Waals surface area (Å²) in [5.74, 6) is 2.36. The summed E-state index contributed by atoms with van der Waals surface area (Å²) >= 11 is 0. The number of carbonyl (C=O) groups is 1. The lowest BCUT2D eigenvalue weighted by atomic mass is 10.2. The zero-order chi connectivity index (χ0) is 16.1. The number of nitrogens with zero attached hydrogens (tertiary/aromatic N) is 5. The summed E-state index contributed by atoms with van der Waals surface area (Å²) in [6.07, 6.45) is 2.72. The standard InChI is InChI=1S/C15H26N6O/c1-11(2)13-17-14(19-15(18-13)20(3)4)16-8-7-12(22)21-9-5-6-10-21/h11H,5-10H2,1-4H3,(H,16,17,18,19). The number of rotatable bonds is 6. The Balaban J connectivity index is 1.95. The van der Waals surface area contributed by atoms with Crippen molar-refractivity contribution in [2.24, 2.45) is 0 Å². The second-order valence-corrected chi connectivity index (χ2v) is 6.13. The van der Waals surface area contributed by atoms with Gasteiger partial charge in [-0.2, -0.15) is 15.0 Å². The maximum Gasteiger partial charge on any atom is 0.229 e. The number of hydrogen-bond acceptors (Lipinski definition) is 6. The van der Waals surface area contributed by atoms with Crippen LogP contribution in [0.2, 0.25) is 0 Å². The summed E-state index contributed by atoms with van der Waals surface area (Å²) in [5, 5.41) is 3.15. The van der Waals surface area contributed by atoms with Crippen LogP contribution in [0, 0.1) is 0 Å². The van der Waals surface area contributed by atoms with E-state index in [-0.39, 0.29) is 11.8 Å². The number of aromatic nitrogens is 3. The van der Waals surface area contributed by atoms with Crippen molar-refractivity contribution in [1.29, 1.82) is 0 Å². The van der Waals surface area contributed by atoms with E-state index in [1.54, 1.807) is 0 Å². The molecule has 7 nitrogen and oxygen atoms in total. The molecule has 1 aliphatic heterocycles. The molecule has 2 rings (SSSR count). The molecule has 0 unspecified atom stereocenters. The van der Waals surface area contributed by atoms with Gasteiger partial charge in [0.25, 0.3) is 0 Å². The molecule has 0 atom stereocenters. The molecule has 0 spiro atoms. The van der Waals surface area contributed by atoms with Crippen molar-refractivity contribution in [3.05, 3.63) is 5.82 Å². The zero-order valence-corrected chi connectivity index (χ0v) is 14.0. The van der Waals surface area contributed by atoms with E-state index in [0.717, 1.165) is 31.8 Å². The predicted molar refractivity (Wildman–Crippen MR) is 87.2 cm³/mol. The average Bonchev–Trinajstić information content (AvgIpc) is 3.01. The van der Waals surface area contributed by atoms with Crippen LogP contribution >= 0.6 is 0 Å². The number of likely N-dealkylation sites (tertiary alicyclic amines) is 1. The molecule has 22 heavy (non-hydrogen) atoms. The first kappa shape index (κ1) is 16.5. The highest BCUT2D eigenvalue weighted by molar-refractivity contribution is 5.76. The number of hydrogen-bond donors (Lipinski definition) is 1. The van der Waals surface area contributed by atoms with Crippen LogP contribution in [0.15, 0.2) is 0 Å². The zero-order valence-electron chi connectivity index (χ0n) is 14.0. The molecule has 122 valence electrons. The minimum Gasteiger partial charge on any atom is -0.354 e. The number of nitrogens with one attached hydrogen (secondary N) is 1. The normalized spacial score (nSPS) is 14.5. The molecule has 1 aliphatic rings. The lowest BCUT2D eigenvalue weighted by molar-refractivity contribution is -0.129. The van der Waals surface area contributed by atoms with Crippen LogP contribution in [0.1, 0.15) is 44.9 Å². The van der Waals surface area contributed by atoms with E-state index >= 15 is 0 Å². The van der Waals surface area contributed by atoms with Crippen molar-refractivity contribution < 1.29 is 4.79 Å². The van der Waals surface area contributed by atoms with E-state index < -0.39 is 0 Å². The van der Waals surface area contributed by atoms with Crippen molar-refractivity contribution >= 4 is 17.8 Å². The minimum atomic E-state index is 0.205. The van der Waals surface area contributed by atoms with Crippen molar-refractivity contribution in [3.63, 3.8) is 0 Å². The molecule has 1 N–H and O–H groups in total. The molecule has 0 saturated carbocycles. The lowest BCUT2D eigenvalue weighted by Gasteiger charge is -2.16. The Morgan fingerprint density at radius 1 is 1.23 bits per heavy atom. The van der Waals surface area contributed by atoms with Gasteiger partial charge in [0.05, 0.1) is 0 Å². The molecular formula is C15H26N6O. The fraction of sp³-hybridized carbons (Fsp3) is 0.733. The van der Waals surface area contributed by atoms with Gasteiger partial charge < -0.3 is 15.1 Å². The largest absolute Gasteiger partial charge is 0.354 e. The van der Waals surface area contributed by atoms with Gasteiger partial charge in [-0.05, 0) is 12.8 Å². The Morgan fingerprint density at radius 2 is 1.91 bits per heavy atom. The van der Waals surface area contributed by atoms with Crippen molar-refractivity contribution in [3.8, 4) is 0 Å². The molecule has 1 fully saturated rings. The molecule has 0 aromatic carbocycles. The van der Waals surface area contributed by atoms with Crippen LogP contribution < -0.4 is 10.2 Å². The Hall–Kier alpha value is -1.92. The monoisotopic (exact) mass is 306 g/mol. The van der Waals surface area contributed by atoms with Gasteiger partial charge in [-0.15, -0.1) is 0 Å². The molecule has 1 aromatic heterocycles. The van der Waals surface area contributed by atoms with Crippen LogP contribution in [0.3, 0.4) is 0 Å². The lowest BCUT2D eigenvalue weighted by Crippen LogP contribution is -2.29. The third-order valence-corrected chi connectivity index (χ3v) is 3.64. The van der Waals surface area contributed by atoms with Gasteiger partial charge >= 0.3 is 0 Å². The van der Waals surface area contributed by atoms with E-state index in [2.05, 4.69) is 34.1 Å². The summed E-state index contributed by atoms with van der Waals surface area (Å²) < 4.78 is 0. The first-order chi connectivity index (χ1) is 10.5. The van der Waals surface area contributed by atoms with Gasteiger partial charge in [0.1, 0.15) is 5.82 Å². The quantitative estimate of drug-likeness (QED) is 0.858. The highest BCUT2D eigenvalue weighted by Gasteiger charge is 2.17. The van der Waals surface area contributed by atoms with Crippen molar-refractivity contribution in [2.45, 2.75) is 39.0 Å². The number of carbonyl (C=O) groups excluding carboxylic acids is 1. The molecule has 1 saturated heterocycles. The third-order valence-electron chi connectivity index (χ3n) is 3.64. The Morgan fingerprint density at radius 3 is 2.50 bits per heavy atom. The van der Waals surface area contributed by atoms with Gasteiger partial charge in [-0.3, -0.25) is 4.79 Å². The maximum atomic E-state index is 12.0. The molecule has 0 aliphatic carbocycles. The number of amides is 1. The van der Waals surface area contributed by atoms with E-state index in [1.807, 2.05) is 23.9 Å². The van der Waals surface area contributed by atoms with Gasteiger partial charge in [0, 0.05) is 46.1 Å². The molecule has 0 bridgehead atoms. The smallest absolute Gasteiger partial charge is 0.229 e. The summed E-state index contributed by atoms with van der Waals surface area (Å²) in [6, 6.07) is 0. The van der Waals surface area contributed by atoms with Crippen molar-refractivity contribution in [1.82, 2.24) is 19.9 Å². The fourth-order valence-electron chi connectivity index (χ4n) is 2.32. The van der Waals surface area contributed by atoms with Crippen LogP contribution in [0.5, 0.6) is 0 Å². The number of anilines is 2. The fourth-order valence-corrected chi connectivity index (χ4v) is 2.32. The SMILES string of the molecule is CC(C)c1nc(NCCC(=O)N2CCCC2)nc(N(C)C)n1. The van der Waals surface area contributed by atoms with E-state index in [9.17, 15) is 4.79 Å². The highest BCUT2D eigenvalue weighted by atomic mass is 16.2. The van der Waals surface area contributed by atoms with Gasteiger partial charge in [-0.25, -0.2) is 0 Å². The molecule has 7 heteroatoms. The third kappa shape index (κ3) is 4.29. The molecule has 2 heterocycles. The molecule has 1 amide bonds. The van der Waals surface area contributed by atoms with E-state index in [1.165, 1.54) is 0 Å². The topological polar surface area (TPSA) is 74.2 Å². The second-order valence-electron chi connectivity index (χ2n) is 6.13. The Kier molecular flexibility index (Phi) is 5.51. The van der Waals surface area contributed by atoms with Gasteiger partial charge in [-0.1, -0.05) is 13.8 Å². The summed E-state index contributed by atoms with van der Waals surface area (Å²) in [6.45, 7) is 6.44. The van der Waals surface area contributed by atoms with Crippen LogP contribution in [-0.4, -0.2) is 59.5 Å². The van der Waals surface area contributed by atoms with E-state index in [4.69, 9.17) is 0 Å². The van der Waals surface area contributed by atoms with Crippen LogP contribution in [0.4, 0.5) is 11.9 Å². The maximum absolute atomic E-state index is 12.0. The summed E-state index contributed by atoms with van der Waals surface area (Å²) in [5.41, 5.74) is 0. The van der Waals surface area contributed by atoms with E-state index in [0.29, 0.717) is 24.9 Å². The highest BCUT2D eigenvalue weighted by Crippen LogP contribution is 2.15. The summed E-state index contributed by atoms with van der Waals surface area (Å²) in [7, 11) is 3.81. The summed E-state index contributed by atoms with van der Waals surface area (Å²) in [4.78, 5) is 29.0. The second kappa shape index (κ2) is 7.38. The van der Waals surface area contributed by atoms with Crippen molar-refractivity contribution in [2.75, 3.05) is 43.9 Å². The average molecular weight is 306 g/mol. The predicted octanol–water partition coefficient (Wildman–Crippen LogP) is 1.49. The Labute approximate surface area is 132 Å². The first-order valence-electron chi connectivity index (χ1n) is 7.92. The minimum absolute atomic E-state index is 0.205. The van der Waals surface area contributed by atoms with Gasteiger partial charge in [0.15, 0.2) is 0 Å². The molecule has 0 radical (unpaired) electrons. The van der Waals surface area contributed by atoms with Crippen LogP contribution in [0.25, 0.3) is 0 Å². The molecular weight excluding hydrogens is 280 g/mol. The van der Waals surface area contributed by atoms with Gasteiger partial charge in [0.2, 0.25) is 17.8 Å². The van der Waals surface area contributed by atoms with Crippen LogP contribution in [-0.2, 0) is 4.79 Å². The molecule has 1 aromatic rings. The Bertz CT molecular complexity index is 485. The first-order valence-corrected chi connectivity index (χ1v) is 7.92.